The first-order valence-corrected chi connectivity index (χ1v) is 7.31. The van der Waals surface area contributed by atoms with Gasteiger partial charge in [0.15, 0.2) is 5.65 Å². The third-order valence-corrected chi connectivity index (χ3v) is 4.08. The number of imidazole rings is 1. The van der Waals surface area contributed by atoms with Crippen molar-refractivity contribution in [1.29, 1.82) is 0 Å². The Morgan fingerprint density at radius 1 is 1.45 bits per heavy atom. The van der Waals surface area contributed by atoms with E-state index in [1.165, 1.54) is 12.8 Å². The third kappa shape index (κ3) is 2.43. The lowest BCUT2D eigenvalue weighted by Gasteiger charge is -2.20. The van der Waals surface area contributed by atoms with Gasteiger partial charge in [-0.15, -0.1) is 0 Å². The SMILES string of the molecule is COCCCn1c(C2CCCN2C)nc2cccnc21. The highest BCUT2D eigenvalue weighted by atomic mass is 16.5. The Morgan fingerprint density at radius 2 is 2.35 bits per heavy atom. The Balaban J connectivity index is 1.98. The van der Waals surface area contributed by atoms with E-state index < -0.39 is 0 Å². The number of methoxy groups -OCH3 is 1. The standard InChI is InChI=1S/C15H22N4O/c1-18-9-4-7-13(18)15-17-12-6-3-8-16-14(12)19(15)10-5-11-20-2/h3,6,8,13H,4-5,7,9-11H2,1-2H3. The van der Waals surface area contributed by atoms with Crippen LogP contribution in [-0.2, 0) is 11.3 Å². The topological polar surface area (TPSA) is 43.2 Å². The summed E-state index contributed by atoms with van der Waals surface area (Å²) in [4.78, 5) is 11.8. The van der Waals surface area contributed by atoms with E-state index in [9.17, 15) is 0 Å². The van der Waals surface area contributed by atoms with E-state index in [0.29, 0.717) is 6.04 Å². The Morgan fingerprint density at radius 3 is 3.10 bits per heavy atom. The average molecular weight is 274 g/mol. The summed E-state index contributed by atoms with van der Waals surface area (Å²) in [5, 5.41) is 0. The van der Waals surface area contributed by atoms with Crippen LogP contribution in [0, 0.1) is 0 Å². The van der Waals surface area contributed by atoms with Gasteiger partial charge in [-0.25, -0.2) is 9.97 Å². The fourth-order valence-electron chi connectivity index (χ4n) is 3.05. The molecule has 3 rings (SSSR count). The molecule has 0 amide bonds. The van der Waals surface area contributed by atoms with Crippen molar-refractivity contribution >= 4 is 11.2 Å². The van der Waals surface area contributed by atoms with Crippen LogP contribution in [0.3, 0.4) is 0 Å². The fourth-order valence-corrected chi connectivity index (χ4v) is 3.05. The minimum Gasteiger partial charge on any atom is -0.385 e. The van der Waals surface area contributed by atoms with E-state index in [0.717, 1.165) is 43.1 Å². The molecule has 108 valence electrons. The number of hydrogen-bond acceptors (Lipinski definition) is 4. The van der Waals surface area contributed by atoms with Gasteiger partial charge in [-0.2, -0.15) is 0 Å². The number of aromatic nitrogens is 3. The summed E-state index contributed by atoms with van der Waals surface area (Å²) in [7, 11) is 3.93. The lowest BCUT2D eigenvalue weighted by Crippen LogP contribution is -2.21. The van der Waals surface area contributed by atoms with Crippen LogP contribution in [0.2, 0.25) is 0 Å². The molecule has 0 bridgehead atoms. The number of nitrogens with zero attached hydrogens (tertiary/aromatic N) is 4. The molecule has 1 aliphatic heterocycles. The fraction of sp³-hybridized carbons (Fsp3) is 0.600. The smallest absolute Gasteiger partial charge is 0.160 e. The summed E-state index contributed by atoms with van der Waals surface area (Å²) in [6.07, 6.45) is 5.26. The predicted octanol–water partition coefficient (Wildman–Crippen LogP) is 2.23. The maximum Gasteiger partial charge on any atom is 0.160 e. The lowest BCUT2D eigenvalue weighted by molar-refractivity contribution is 0.189. The molecule has 1 aliphatic rings. The lowest BCUT2D eigenvalue weighted by atomic mass is 10.2. The van der Waals surface area contributed by atoms with Gasteiger partial charge in [0, 0.05) is 26.5 Å². The second-order valence-corrected chi connectivity index (χ2v) is 5.45. The maximum atomic E-state index is 5.17. The molecule has 5 heteroatoms. The van der Waals surface area contributed by atoms with Crippen LogP contribution >= 0.6 is 0 Å². The summed E-state index contributed by atoms with van der Waals surface area (Å²) in [5.41, 5.74) is 2.00. The number of likely N-dealkylation sites (tertiary alicyclic amines) is 1. The normalized spacial score (nSPS) is 20.0. The second kappa shape index (κ2) is 5.89. The number of pyridine rings is 1. The molecule has 1 saturated heterocycles. The van der Waals surface area contributed by atoms with Crippen LogP contribution in [0.15, 0.2) is 18.3 Å². The Hall–Kier alpha value is -1.46. The molecule has 1 fully saturated rings. The van der Waals surface area contributed by atoms with Crippen LogP contribution in [0.1, 0.15) is 31.1 Å². The summed E-state index contributed by atoms with van der Waals surface area (Å²) in [6, 6.07) is 4.43. The highest BCUT2D eigenvalue weighted by Crippen LogP contribution is 2.31. The number of rotatable bonds is 5. The molecule has 5 nitrogen and oxygen atoms in total. The first-order chi connectivity index (χ1) is 9.81. The number of aryl methyl sites for hydroxylation is 1. The van der Waals surface area contributed by atoms with Gasteiger partial charge in [0.1, 0.15) is 11.3 Å². The van der Waals surface area contributed by atoms with Gasteiger partial charge in [0.05, 0.1) is 6.04 Å². The van der Waals surface area contributed by atoms with Gasteiger partial charge in [-0.1, -0.05) is 0 Å². The largest absolute Gasteiger partial charge is 0.385 e. The molecular formula is C15H22N4O. The second-order valence-electron chi connectivity index (χ2n) is 5.45. The van der Waals surface area contributed by atoms with Crippen molar-refractivity contribution in [2.24, 2.45) is 0 Å². The van der Waals surface area contributed by atoms with Crippen molar-refractivity contribution in [3.05, 3.63) is 24.2 Å². The monoisotopic (exact) mass is 274 g/mol. The molecule has 0 aromatic carbocycles. The Labute approximate surface area is 119 Å². The van der Waals surface area contributed by atoms with Crippen LogP contribution in [-0.4, -0.2) is 46.7 Å². The molecule has 1 unspecified atom stereocenters. The summed E-state index contributed by atoms with van der Waals surface area (Å²) in [5.74, 6) is 1.16. The quantitative estimate of drug-likeness (QED) is 0.784. The van der Waals surface area contributed by atoms with Crippen LogP contribution in [0.25, 0.3) is 11.2 Å². The van der Waals surface area contributed by atoms with Gasteiger partial charge in [0.2, 0.25) is 0 Å². The first kappa shape index (κ1) is 13.5. The zero-order valence-corrected chi connectivity index (χ0v) is 12.2. The molecular weight excluding hydrogens is 252 g/mol. The van der Waals surface area contributed by atoms with Gasteiger partial charge in [-0.05, 0) is 45.0 Å². The van der Waals surface area contributed by atoms with Crippen molar-refractivity contribution in [3.8, 4) is 0 Å². The van der Waals surface area contributed by atoms with Gasteiger partial charge < -0.3 is 9.30 Å². The molecule has 2 aromatic heterocycles. The van der Waals surface area contributed by atoms with E-state index in [2.05, 4.69) is 21.5 Å². The minimum absolute atomic E-state index is 0.423. The van der Waals surface area contributed by atoms with E-state index in [1.54, 1.807) is 7.11 Å². The molecule has 0 radical (unpaired) electrons. The zero-order valence-electron chi connectivity index (χ0n) is 12.2. The highest BCUT2D eigenvalue weighted by Gasteiger charge is 2.28. The molecule has 20 heavy (non-hydrogen) atoms. The molecule has 1 atom stereocenters. The van der Waals surface area contributed by atoms with Crippen molar-refractivity contribution in [2.75, 3.05) is 27.3 Å². The van der Waals surface area contributed by atoms with Gasteiger partial charge in [-0.3, -0.25) is 4.90 Å². The molecule has 0 N–H and O–H groups in total. The first-order valence-electron chi connectivity index (χ1n) is 7.31. The Kier molecular flexibility index (Phi) is 3.98. The van der Waals surface area contributed by atoms with Gasteiger partial charge in [0.25, 0.3) is 0 Å². The van der Waals surface area contributed by atoms with Crippen molar-refractivity contribution in [2.45, 2.75) is 31.8 Å². The van der Waals surface area contributed by atoms with E-state index >= 15 is 0 Å². The minimum atomic E-state index is 0.423. The molecule has 0 spiro atoms. The summed E-state index contributed by atoms with van der Waals surface area (Å²) < 4.78 is 7.45. The highest BCUT2D eigenvalue weighted by molar-refractivity contribution is 5.71. The Bertz CT molecular complexity index is 580. The van der Waals surface area contributed by atoms with Crippen LogP contribution in [0.5, 0.6) is 0 Å². The average Bonchev–Trinajstić information content (AvgIpc) is 3.03. The third-order valence-electron chi connectivity index (χ3n) is 4.08. The van der Waals surface area contributed by atoms with Crippen molar-refractivity contribution < 1.29 is 4.74 Å². The van der Waals surface area contributed by atoms with E-state index in [4.69, 9.17) is 9.72 Å². The molecule has 2 aromatic rings. The predicted molar refractivity (Wildman–Crippen MR) is 78.6 cm³/mol. The number of ether oxygens (including phenoxy) is 1. The van der Waals surface area contributed by atoms with E-state index in [1.807, 2.05) is 18.3 Å². The molecule has 0 saturated carbocycles. The summed E-state index contributed by atoms with van der Waals surface area (Å²) >= 11 is 0. The van der Waals surface area contributed by atoms with E-state index in [-0.39, 0.29) is 0 Å². The number of hydrogen-bond donors (Lipinski definition) is 0. The summed E-state index contributed by atoms with van der Waals surface area (Å²) in [6.45, 7) is 2.84. The van der Waals surface area contributed by atoms with Crippen molar-refractivity contribution in [1.82, 2.24) is 19.4 Å². The van der Waals surface area contributed by atoms with Crippen LogP contribution < -0.4 is 0 Å². The molecule has 3 heterocycles. The maximum absolute atomic E-state index is 5.17. The molecule has 0 aliphatic carbocycles. The van der Waals surface area contributed by atoms with Gasteiger partial charge >= 0.3 is 0 Å². The zero-order chi connectivity index (χ0) is 13.9. The van der Waals surface area contributed by atoms with Crippen LogP contribution in [0.4, 0.5) is 0 Å². The number of fused-ring (bicyclic) bond motifs is 1. The van der Waals surface area contributed by atoms with Crippen molar-refractivity contribution in [3.63, 3.8) is 0 Å².